The van der Waals surface area contributed by atoms with Crippen molar-refractivity contribution in [3.63, 3.8) is 0 Å². The second kappa shape index (κ2) is 12.6. The van der Waals surface area contributed by atoms with Crippen molar-refractivity contribution in [2.45, 2.75) is 45.2 Å². The highest BCUT2D eigenvalue weighted by molar-refractivity contribution is 7.92. The first kappa shape index (κ1) is 28.7. The highest BCUT2D eigenvalue weighted by atomic mass is 32.2. The topological polar surface area (TPSA) is 96.0 Å². The van der Waals surface area contributed by atoms with Gasteiger partial charge in [0.05, 0.1) is 17.7 Å². The van der Waals surface area contributed by atoms with Crippen molar-refractivity contribution in [1.82, 2.24) is 10.2 Å². The van der Waals surface area contributed by atoms with Crippen LogP contribution in [-0.4, -0.2) is 51.4 Å². The molecule has 0 bridgehead atoms. The van der Waals surface area contributed by atoms with Gasteiger partial charge in [0.25, 0.3) is 10.0 Å². The number of anilines is 1. The second-order valence-corrected chi connectivity index (χ2v) is 11.0. The minimum absolute atomic E-state index is 0.0745. The van der Waals surface area contributed by atoms with E-state index in [1.807, 2.05) is 32.0 Å². The average Bonchev–Trinajstić information content (AvgIpc) is 2.90. The van der Waals surface area contributed by atoms with Gasteiger partial charge in [-0.05, 0) is 80.8 Å². The smallest absolute Gasteiger partial charge is 0.264 e. The van der Waals surface area contributed by atoms with Crippen molar-refractivity contribution in [3.05, 3.63) is 89.5 Å². The molecule has 2 amide bonds. The van der Waals surface area contributed by atoms with Crippen molar-refractivity contribution in [2.75, 3.05) is 24.5 Å². The van der Waals surface area contributed by atoms with Crippen LogP contribution in [0.2, 0.25) is 0 Å². The molecule has 3 rings (SSSR count). The summed E-state index contributed by atoms with van der Waals surface area (Å²) < 4.78 is 34.0. The van der Waals surface area contributed by atoms with Crippen molar-refractivity contribution in [3.8, 4) is 5.75 Å². The molecule has 3 aromatic rings. The molecule has 0 saturated carbocycles. The van der Waals surface area contributed by atoms with Gasteiger partial charge in [-0.1, -0.05) is 36.4 Å². The van der Waals surface area contributed by atoms with E-state index >= 15 is 0 Å². The Kier molecular flexibility index (Phi) is 9.52. The Morgan fingerprint density at radius 3 is 2.11 bits per heavy atom. The molecule has 202 valence electrons. The fraction of sp³-hybridized carbons (Fsp3) is 0.310. The van der Waals surface area contributed by atoms with Crippen LogP contribution in [0.15, 0.2) is 77.7 Å². The number of nitrogens with one attached hydrogen (secondary N) is 1. The van der Waals surface area contributed by atoms with Crippen LogP contribution in [0.3, 0.4) is 0 Å². The summed E-state index contributed by atoms with van der Waals surface area (Å²) in [5, 5.41) is 2.76. The number of amides is 2. The summed E-state index contributed by atoms with van der Waals surface area (Å²) in [6, 6.07) is 19.8. The minimum atomic E-state index is -4.09. The predicted molar refractivity (Wildman–Crippen MR) is 149 cm³/mol. The summed E-state index contributed by atoms with van der Waals surface area (Å²) in [6.45, 7) is 7.24. The van der Waals surface area contributed by atoms with Gasteiger partial charge in [-0.2, -0.15) is 0 Å². The summed E-state index contributed by atoms with van der Waals surface area (Å²) in [4.78, 5) is 28.1. The Morgan fingerprint density at radius 2 is 1.55 bits per heavy atom. The maximum atomic E-state index is 13.9. The van der Waals surface area contributed by atoms with Crippen molar-refractivity contribution in [2.24, 2.45) is 0 Å². The van der Waals surface area contributed by atoms with Crippen LogP contribution in [-0.2, 0) is 26.2 Å². The van der Waals surface area contributed by atoms with Gasteiger partial charge in [0.1, 0.15) is 18.3 Å². The van der Waals surface area contributed by atoms with E-state index in [0.29, 0.717) is 18.0 Å². The number of likely N-dealkylation sites (N-methyl/N-ethyl adjacent to an activating group) is 1. The number of rotatable bonds is 11. The maximum absolute atomic E-state index is 13.9. The number of methoxy groups -OCH3 is 1. The monoisotopic (exact) mass is 537 g/mol. The van der Waals surface area contributed by atoms with Crippen LogP contribution in [0.4, 0.5) is 5.69 Å². The molecule has 0 aliphatic rings. The molecule has 1 atom stereocenters. The van der Waals surface area contributed by atoms with Gasteiger partial charge in [-0.15, -0.1) is 0 Å². The summed E-state index contributed by atoms with van der Waals surface area (Å²) >= 11 is 0. The Labute approximate surface area is 225 Å². The van der Waals surface area contributed by atoms with E-state index in [4.69, 9.17) is 4.74 Å². The molecule has 0 fully saturated rings. The lowest BCUT2D eigenvalue weighted by Gasteiger charge is -2.32. The van der Waals surface area contributed by atoms with Crippen molar-refractivity contribution >= 4 is 27.5 Å². The van der Waals surface area contributed by atoms with Gasteiger partial charge in [0.15, 0.2) is 0 Å². The summed E-state index contributed by atoms with van der Waals surface area (Å²) in [7, 11) is -2.52. The zero-order chi connectivity index (χ0) is 27.9. The first-order valence-corrected chi connectivity index (χ1v) is 13.9. The van der Waals surface area contributed by atoms with Gasteiger partial charge < -0.3 is 15.0 Å². The van der Waals surface area contributed by atoms with Gasteiger partial charge in [0.2, 0.25) is 11.8 Å². The zero-order valence-corrected chi connectivity index (χ0v) is 23.3. The van der Waals surface area contributed by atoms with E-state index in [2.05, 4.69) is 5.32 Å². The number of carbonyl (C=O) groups excluding carboxylic acids is 2. The van der Waals surface area contributed by atoms with E-state index in [1.54, 1.807) is 63.4 Å². The lowest BCUT2D eigenvalue weighted by Crippen LogP contribution is -2.51. The molecule has 3 aromatic carbocycles. The third kappa shape index (κ3) is 6.92. The first-order valence-electron chi connectivity index (χ1n) is 12.4. The number of hydrogen-bond acceptors (Lipinski definition) is 5. The zero-order valence-electron chi connectivity index (χ0n) is 22.5. The highest BCUT2D eigenvalue weighted by Crippen LogP contribution is 2.26. The van der Waals surface area contributed by atoms with E-state index in [-0.39, 0.29) is 17.3 Å². The van der Waals surface area contributed by atoms with Crippen LogP contribution >= 0.6 is 0 Å². The standard InChI is InChI=1S/C29H35N3O5S/c1-6-30-29(34)23(4)31(19-24-12-14-26(37-5)15-13-24)28(33)20-32(25-17-21(2)16-22(3)18-25)38(35,36)27-10-8-7-9-11-27/h7-18,23H,6,19-20H2,1-5H3,(H,30,34)/t23-/m0/s1. The molecule has 0 spiro atoms. The SMILES string of the molecule is CCNC(=O)[C@H](C)N(Cc1ccc(OC)cc1)C(=O)CN(c1cc(C)cc(C)c1)S(=O)(=O)c1ccccc1. The fourth-order valence-corrected chi connectivity index (χ4v) is 5.59. The predicted octanol–water partition coefficient (Wildman–Crippen LogP) is 4.06. The normalized spacial score (nSPS) is 11.9. The quantitative estimate of drug-likeness (QED) is 0.398. The number of hydrogen-bond donors (Lipinski definition) is 1. The Balaban J connectivity index is 2.04. The van der Waals surface area contributed by atoms with Crippen LogP contribution in [0.5, 0.6) is 5.75 Å². The average molecular weight is 538 g/mol. The Morgan fingerprint density at radius 1 is 0.947 bits per heavy atom. The lowest BCUT2D eigenvalue weighted by atomic mass is 10.1. The molecule has 38 heavy (non-hydrogen) atoms. The molecule has 0 radical (unpaired) electrons. The first-order chi connectivity index (χ1) is 18.1. The van der Waals surface area contributed by atoms with E-state index in [1.165, 1.54) is 17.0 Å². The Bertz CT molecular complexity index is 1340. The molecule has 8 nitrogen and oxygen atoms in total. The number of aryl methyl sites for hydroxylation is 2. The number of ether oxygens (including phenoxy) is 1. The third-order valence-corrected chi connectivity index (χ3v) is 7.92. The highest BCUT2D eigenvalue weighted by Gasteiger charge is 2.32. The molecule has 0 saturated heterocycles. The molecule has 9 heteroatoms. The van der Waals surface area contributed by atoms with Gasteiger partial charge in [-0.25, -0.2) is 8.42 Å². The summed E-state index contributed by atoms with van der Waals surface area (Å²) in [6.07, 6.45) is 0. The molecular formula is C29H35N3O5S. The Hall–Kier alpha value is -3.85. The molecule has 0 aromatic heterocycles. The molecule has 0 heterocycles. The second-order valence-electron chi connectivity index (χ2n) is 9.11. The number of carbonyl (C=O) groups is 2. The summed E-state index contributed by atoms with van der Waals surface area (Å²) in [5.74, 6) is -0.158. The van der Waals surface area contributed by atoms with Crippen molar-refractivity contribution in [1.29, 1.82) is 0 Å². The molecule has 0 unspecified atom stereocenters. The molecule has 0 aliphatic carbocycles. The van der Waals surface area contributed by atoms with E-state index in [0.717, 1.165) is 21.0 Å². The number of sulfonamides is 1. The van der Waals surface area contributed by atoms with Crippen LogP contribution < -0.4 is 14.4 Å². The van der Waals surface area contributed by atoms with Crippen LogP contribution in [0.1, 0.15) is 30.5 Å². The third-order valence-electron chi connectivity index (χ3n) is 6.13. The summed E-state index contributed by atoms with van der Waals surface area (Å²) in [5.41, 5.74) is 2.90. The molecule has 1 N–H and O–H groups in total. The number of benzene rings is 3. The fourth-order valence-electron chi connectivity index (χ4n) is 4.18. The van der Waals surface area contributed by atoms with Gasteiger partial charge in [0, 0.05) is 13.1 Å². The lowest BCUT2D eigenvalue weighted by molar-refractivity contribution is -0.139. The number of nitrogens with zero attached hydrogens (tertiary/aromatic N) is 2. The largest absolute Gasteiger partial charge is 0.497 e. The van der Waals surface area contributed by atoms with Gasteiger partial charge >= 0.3 is 0 Å². The van der Waals surface area contributed by atoms with Crippen LogP contribution in [0, 0.1) is 13.8 Å². The van der Waals surface area contributed by atoms with Crippen LogP contribution in [0.25, 0.3) is 0 Å². The maximum Gasteiger partial charge on any atom is 0.264 e. The molecule has 0 aliphatic heterocycles. The van der Waals surface area contributed by atoms with E-state index in [9.17, 15) is 18.0 Å². The van der Waals surface area contributed by atoms with Crippen molar-refractivity contribution < 1.29 is 22.7 Å². The van der Waals surface area contributed by atoms with E-state index < -0.39 is 28.5 Å². The molecular weight excluding hydrogens is 502 g/mol. The van der Waals surface area contributed by atoms with Gasteiger partial charge in [-0.3, -0.25) is 13.9 Å². The minimum Gasteiger partial charge on any atom is -0.497 e.